The van der Waals surface area contributed by atoms with Crippen molar-refractivity contribution < 1.29 is 0 Å². The fraction of sp³-hybridized carbons (Fsp3) is 0.107. The predicted molar refractivity (Wildman–Crippen MR) is 134 cm³/mol. The molecule has 32 heavy (non-hydrogen) atoms. The van der Waals surface area contributed by atoms with Crippen molar-refractivity contribution in [1.82, 2.24) is 8.97 Å². The number of aromatic nitrogens is 2. The number of benzene rings is 4. The van der Waals surface area contributed by atoms with E-state index in [0.717, 1.165) is 38.4 Å². The molecule has 0 bridgehead atoms. The second kappa shape index (κ2) is 5.22. The van der Waals surface area contributed by atoms with E-state index in [4.69, 9.17) is 0 Å². The van der Waals surface area contributed by atoms with Crippen LogP contribution < -0.4 is 5.56 Å². The summed E-state index contributed by atoms with van der Waals surface area (Å²) in [4.78, 5) is 13.9. The summed E-state index contributed by atoms with van der Waals surface area (Å²) in [5, 5.41) is 2.92. The van der Waals surface area contributed by atoms with Gasteiger partial charge in [-0.25, -0.2) is 0 Å². The van der Waals surface area contributed by atoms with E-state index in [1.165, 1.54) is 26.0 Å². The van der Waals surface area contributed by atoms with Crippen molar-refractivity contribution in [3.8, 4) is 5.69 Å². The molecule has 5 aromatic rings. The van der Waals surface area contributed by atoms with Gasteiger partial charge in [0.1, 0.15) is 0 Å². The van der Waals surface area contributed by atoms with Crippen LogP contribution in [0.2, 0.25) is 0 Å². The molecule has 0 amide bonds. The van der Waals surface area contributed by atoms with Gasteiger partial charge < -0.3 is 4.57 Å². The molecule has 0 radical (unpaired) electrons. The fourth-order valence-corrected chi connectivity index (χ4v) is 7.17. The van der Waals surface area contributed by atoms with E-state index in [2.05, 4.69) is 73.0 Å². The van der Waals surface area contributed by atoms with E-state index in [0.29, 0.717) is 0 Å². The topological polar surface area (TPSA) is 26.4 Å². The van der Waals surface area contributed by atoms with Crippen LogP contribution in [0, 0.1) is 0 Å². The minimum Gasteiger partial charge on any atom is -0.303 e. The molecule has 0 fully saturated rings. The summed E-state index contributed by atoms with van der Waals surface area (Å²) in [6, 6.07) is 25.5. The normalized spacial score (nSPS) is 14.9. The monoisotopic (exact) mass is 430 g/mol. The van der Waals surface area contributed by atoms with Crippen molar-refractivity contribution in [3.05, 3.63) is 94.3 Å². The van der Waals surface area contributed by atoms with Crippen LogP contribution in [-0.4, -0.2) is 8.97 Å². The Hall–Kier alpha value is -3.63. The lowest BCUT2D eigenvalue weighted by molar-refractivity contribution is 0.640. The number of pyridine rings is 1. The fourth-order valence-electron chi connectivity index (χ4n) is 6.05. The van der Waals surface area contributed by atoms with Crippen LogP contribution >= 0.6 is 11.3 Å². The third-order valence-electron chi connectivity index (χ3n) is 7.48. The Labute approximate surface area is 187 Å². The van der Waals surface area contributed by atoms with Crippen LogP contribution in [0.3, 0.4) is 0 Å². The van der Waals surface area contributed by atoms with Gasteiger partial charge in [0.15, 0.2) is 0 Å². The van der Waals surface area contributed by atoms with E-state index in [1.807, 2.05) is 33.9 Å². The van der Waals surface area contributed by atoms with Gasteiger partial charge >= 0.3 is 0 Å². The van der Waals surface area contributed by atoms with Crippen molar-refractivity contribution in [3.63, 3.8) is 0 Å². The van der Waals surface area contributed by atoms with Gasteiger partial charge in [-0.3, -0.25) is 9.20 Å². The van der Waals surface area contributed by atoms with Gasteiger partial charge in [-0.1, -0.05) is 62.4 Å². The maximum atomic E-state index is 13.9. The molecule has 4 heteroatoms. The van der Waals surface area contributed by atoms with Crippen molar-refractivity contribution in [1.29, 1.82) is 0 Å². The molecule has 0 aliphatic carbocycles. The molecule has 0 unspecified atom stereocenters. The molecule has 152 valence electrons. The van der Waals surface area contributed by atoms with Crippen LogP contribution in [0.15, 0.2) is 77.6 Å². The summed E-state index contributed by atoms with van der Waals surface area (Å²) >= 11 is 1.81. The lowest BCUT2D eigenvalue weighted by Gasteiger charge is -2.37. The van der Waals surface area contributed by atoms with E-state index < -0.39 is 0 Å². The summed E-state index contributed by atoms with van der Waals surface area (Å²) in [5.74, 6) is 0. The summed E-state index contributed by atoms with van der Waals surface area (Å²) in [7, 11) is 0. The Kier molecular flexibility index (Phi) is 2.77. The van der Waals surface area contributed by atoms with Crippen molar-refractivity contribution >= 4 is 59.0 Å². The average Bonchev–Trinajstić information content (AvgIpc) is 2.81. The molecule has 4 aromatic carbocycles. The van der Waals surface area contributed by atoms with E-state index in [1.54, 1.807) is 0 Å². The molecule has 3 aliphatic rings. The third kappa shape index (κ3) is 1.68. The van der Waals surface area contributed by atoms with Gasteiger partial charge in [-0.15, -0.1) is 11.3 Å². The molecule has 0 atom stereocenters. The minimum absolute atomic E-state index is 0.0574. The molecule has 0 saturated carbocycles. The largest absolute Gasteiger partial charge is 0.303 e. The van der Waals surface area contributed by atoms with Crippen LogP contribution in [-0.2, 0) is 5.41 Å². The Bertz CT molecular complexity index is 1980. The zero-order chi connectivity index (χ0) is 21.4. The first kappa shape index (κ1) is 17.0. The maximum Gasteiger partial charge on any atom is 0.263 e. The van der Waals surface area contributed by atoms with Gasteiger partial charge in [-0.2, -0.15) is 0 Å². The molecular weight excluding hydrogens is 412 g/mol. The lowest BCUT2D eigenvalue weighted by atomic mass is 9.74. The number of rotatable bonds is 0. The van der Waals surface area contributed by atoms with Crippen LogP contribution in [0.25, 0.3) is 53.3 Å². The molecule has 8 rings (SSSR count). The Morgan fingerprint density at radius 2 is 1.44 bits per heavy atom. The Balaban J connectivity index is 1.89. The van der Waals surface area contributed by atoms with E-state index in [9.17, 15) is 4.79 Å². The zero-order valence-electron chi connectivity index (χ0n) is 17.6. The Morgan fingerprint density at radius 3 is 2.31 bits per heavy atom. The summed E-state index contributed by atoms with van der Waals surface area (Å²) < 4.78 is 6.89. The Morgan fingerprint density at radius 1 is 0.688 bits per heavy atom. The smallest absolute Gasteiger partial charge is 0.263 e. The maximum absolute atomic E-state index is 13.9. The van der Waals surface area contributed by atoms with E-state index >= 15 is 0 Å². The summed E-state index contributed by atoms with van der Waals surface area (Å²) in [6.45, 7) is 4.61. The lowest BCUT2D eigenvalue weighted by Crippen LogP contribution is -2.29. The van der Waals surface area contributed by atoms with Gasteiger partial charge in [0.25, 0.3) is 5.56 Å². The molecule has 1 aromatic heterocycles. The molecule has 0 spiro atoms. The van der Waals surface area contributed by atoms with Crippen LogP contribution in [0.4, 0.5) is 0 Å². The number of fused-ring (bicyclic) bond motifs is 3. The highest BCUT2D eigenvalue weighted by atomic mass is 32.1. The SMILES string of the molecule is CC1(C)c2cccc3sc4cccc5c4-n(c23)c2c1ccc1c3ccccc3c(=O)n5c12. The number of para-hydroxylation sites is 2. The molecule has 0 saturated heterocycles. The third-order valence-corrected chi connectivity index (χ3v) is 8.58. The van der Waals surface area contributed by atoms with Crippen molar-refractivity contribution in [2.45, 2.75) is 19.3 Å². The molecular formula is C28H18N2OS. The summed E-state index contributed by atoms with van der Waals surface area (Å²) in [6.07, 6.45) is 0. The predicted octanol–water partition coefficient (Wildman–Crippen LogP) is 6.84. The second-order valence-corrected chi connectivity index (χ2v) is 10.5. The highest BCUT2D eigenvalue weighted by Gasteiger charge is 2.36. The standard InChI is InChI=1S/C28H18N2OS/c1-28(2)18-9-5-11-21-24(18)30-25-19(28)14-13-16-15-7-3-4-8-17(15)27(31)29(23(16)25)20-10-6-12-22(32-21)26(20)30/h3-14H,1-2H3. The molecule has 3 aliphatic heterocycles. The molecule has 0 N–H and O–H groups in total. The first-order valence-corrected chi connectivity index (χ1v) is 11.7. The zero-order valence-corrected chi connectivity index (χ0v) is 18.5. The average molecular weight is 431 g/mol. The van der Waals surface area contributed by atoms with Crippen molar-refractivity contribution in [2.75, 3.05) is 0 Å². The van der Waals surface area contributed by atoms with Crippen LogP contribution in [0.1, 0.15) is 25.0 Å². The molecule has 3 nitrogen and oxygen atoms in total. The number of nitrogens with zero attached hydrogens (tertiary/aromatic N) is 2. The second-order valence-electron chi connectivity index (χ2n) is 9.38. The summed E-state index contributed by atoms with van der Waals surface area (Å²) in [5.41, 5.74) is 8.06. The van der Waals surface area contributed by atoms with Gasteiger partial charge in [0, 0.05) is 16.2 Å². The number of hydrogen-bond donors (Lipinski definition) is 0. The van der Waals surface area contributed by atoms with E-state index in [-0.39, 0.29) is 11.0 Å². The van der Waals surface area contributed by atoms with Crippen molar-refractivity contribution in [2.24, 2.45) is 0 Å². The number of hydrogen-bond acceptors (Lipinski definition) is 2. The minimum atomic E-state index is -0.164. The quantitative estimate of drug-likeness (QED) is 0.191. The molecule has 4 heterocycles. The van der Waals surface area contributed by atoms with Gasteiger partial charge in [-0.05, 0) is 40.8 Å². The first-order valence-electron chi connectivity index (χ1n) is 10.9. The highest BCUT2D eigenvalue weighted by molar-refractivity contribution is 7.24. The van der Waals surface area contributed by atoms with Gasteiger partial charge in [0.05, 0.1) is 37.2 Å². The first-order chi connectivity index (χ1) is 15.6. The van der Waals surface area contributed by atoms with Crippen LogP contribution in [0.5, 0.6) is 0 Å². The van der Waals surface area contributed by atoms with Gasteiger partial charge in [0.2, 0.25) is 0 Å². The highest BCUT2D eigenvalue weighted by Crippen LogP contribution is 2.50.